The lowest BCUT2D eigenvalue weighted by Crippen LogP contribution is -2.48. The molecule has 0 aliphatic rings. The molecule has 0 aliphatic heterocycles. The van der Waals surface area contributed by atoms with Crippen LogP contribution in [0.3, 0.4) is 0 Å². The van der Waals surface area contributed by atoms with Gasteiger partial charge < -0.3 is 20.7 Å². The molecular weight excluding hydrogens is 350 g/mol. The third-order valence-electron chi connectivity index (χ3n) is 3.62. The zero-order chi connectivity index (χ0) is 19.6. The predicted octanol–water partition coefficient (Wildman–Crippen LogP) is 3.20. The average Bonchev–Trinajstić information content (AvgIpc) is 2.96. The number of hydrogen-bond acceptors (Lipinski definition) is 5. The second-order valence-electron chi connectivity index (χ2n) is 7.15. The third kappa shape index (κ3) is 9.03. The van der Waals surface area contributed by atoms with Gasteiger partial charge in [-0.15, -0.1) is 11.3 Å². The van der Waals surface area contributed by atoms with Crippen LogP contribution in [0.25, 0.3) is 0 Å². The van der Waals surface area contributed by atoms with Crippen molar-refractivity contribution in [2.45, 2.75) is 72.1 Å². The molecule has 1 rings (SSSR count). The van der Waals surface area contributed by atoms with Gasteiger partial charge in [-0.05, 0) is 34.1 Å². The highest BCUT2D eigenvalue weighted by molar-refractivity contribution is 7.09. The molecule has 0 fully saturated rings. The maximum absolute atomic E-state index is 11.9. The van der Waals surface area contributed by atoms with E-state index < -0.39 is 11.7 Å². The fourth-order valence-corrected chi connectivity index (χ4v) is 2.96. The molecule has 26 heavy (non-hydrogen) atoms. The Morgan fingerprint density at radius 3 is 2.65 bits per heavy atom. The number of guanidine groups is 1. The lowest BCUT2D eigenvalue weighted by Gasteiger charge is -2.24. The van der Waals surface area contributed by atoms with E-state index in [1.807, 2.05) is 33.2 Å². The van der Waals surface area contributed by atoms with Crippen LogP contribution in [0, 0.1) is 6.92 Å². The number of nitrogens with one attached hydrogen (secondary N) is 3. The number of aliphatic imine (C=N–C) groups is 1. The largest absolute Gasteiger partial charge is 0.444 e. The van der Waals surface area contributed by atoms with E-state index in [9.17, 15) is 4.79 Å². The number of rotatable bonds is 8. The van der Waals surface area contributed by atoms with Gasteiger partial charge in [-0.2, -0.15) is 0 Å². The van der Waals surface area contributed by atoms with Crippen LogP contribution in [0.1, 0.15) is 57.5 Å². The number of carbonyl (C=O) groups is 1. The van der Waals surface area contributed by atoms with Crippen molar-refractivity contribution >= 4 is 23.4 Å². The number of alkyl carbamates (subject to hydrolysis) is 1. The van der Waals surface area contributed by atoms with Gasteiger partial charge in [0.2, 0.25) is 0 Å². The number of thiazole rings is 1. The van der Waals surface area contributed by atoms with Crippen LogP contribution in [0.2, 0.25) is 0 Å². The van der Waals surface area contributed by atoms with Gasteiger partial charge in [0.05, 0.1) is 17.7 Å². The van der Waals surface area contributed by atoms with Crippen molar-refractivity contribution in [3.8, 4) is 0 Å². The molecule has 0 aliphatic carbocycles. The highest BCUT2D eigenvalue weighted by Gasteiger charge is 2.18. The Morgan fingerprint density at radius 1 is 1.38 bits per heavy atom. The predicted molar refractivity (Wildman–Crippen MR) is 108 cm³/mol. The Kier molecular flexibility index (Phi) is 9.40. The van der Waals surface area contributed by atoms with Crippen LogP contribution in [0.15, 0.2) is 10.5 Å². The summed E-state index contributed by atoms with van der Waals surface area (Å²) in [6.45, 7) is 10.9. The van der Waals surface area contributed by atoms with Crippen LogP contribution < -0.4 is 16.0 Å². The number of carbonyl (C=O) groups excluding carboxylic acids is 1. The monoisotopic (exact) mass is 383 g/mol. The summed E-state index contributed by atoms with van der Waals surface area (Å²) in [7, 11) is 1.74. The van der Waals surface area contributed by atoms with Gasteiger partial charge >= 0.3 is 6.09 Å². The summed E-state index contributed by atoms with van der Waals surface area (Å²) in [6, 6.07) is 0.0798. The number of unbranched alkanes of at least 4 members (excludes halogenated alkanes) is 1. The topological polar surface area (TPSA) is 87.6 Å². The number of aryl methyl sites for hydroxylation is 1. The normalized spacial score (nSPS) is 13.2. The highest BCUT2D eigenvalue weighted by Crippen LogP contribution is 2.11. The van der Waals surface area contributed by atoms with E-state index >= 15 is 0 Å². The molecule has 8 heteroatoms. The van der Waals surface area contributed by atoms with Gasteiger partial charge in [0, 0.05) is 24.5 Å². The van der Waals surface area contributed by atoms with Crippen molar-refractivity contribution in [3.63, 3.8) is 0 Å². The van der Waals surface area contributed by atoms with Crippen molar-refractivity contribution in [2.24, 2.45) is 4.99 Å². The van der Waals surface area contributed by atoms with Gasteiger partial charge in [0.15, 0.2) is 5.96 Å². The fraction of sp³-hybridized carbons (Fsp3) is 0.722. The molecule has 0 aromatic carbocycles. The second kappa shape index (κ2) is 11.0. The van der Waals surface area contributed by atoms with E-state index in [1.54, 1.807) is 18.4 Å². The van der Waals surface area contributed by atoms with Crippen molar-refractivity contribution in [1.29, 1.82) is 0 Å². The van der Waals surface area contributed by atoms with E-state index in [1.165, 1.54) is 4.88 Å². The van der Waals surface area contributed by atoms with Gasteiger partial charge in [-0.3, -0.25) is 4.99 Å². The van der Waals surface area contributed by atoms with E-state index in [2.05, 4.69) is 32.9 Å². The summed E-state index contributed by atoms with van der Waals surface area (Å²) >= 11 is 1.62. The summed E-state index contributed by atoms with van der Waals surface area (Å²) < 4.78 is 5.30. The molecule has 0 bridgehead atoms. The summed E-state index contributed by atoms with van der Waals surface area (Å²) in [6.07, 6.45) is 2.70. The van der Waals surface area contributed by atoms with Crippen molar-refractivity contribution in [1.82, 2.24) is 20.9 Å². The van der Waals surface area contributed by atoms with Crippen molar-refractivity contribution < 1.29 is 9.53 Å². The van der Waals surface area contributed by atoms with Crippen LogP contribution in [0.5, 0.6) is 0 Å². The first-order chi connectivity index (χ1) is 12.2. The number of aromatic nitrogens is 1. The molecule has 1 amide bonds. The molecule has 0 spiro atoms. The molecule has 148 valence electrons. The first-order valence-corrected chi connectivity index (χ1v) is 9.96. The van der Waals surface area contributed by atoms with Crippen LogP contribution >= 0.6 is 11.3 Å². The Hall–Kier alpha value is -1.83. The van der Waals surface area contributed by atoms with Gasteiger partial charge in [0.25, 0.3) is 0 Å². The molecule has 7 nitrogen and oxygen atoms in total. The Morgan fingerprint density at radius 2 is 2.12 bits per heavy atom. The van der Waals surface area contributed by atoms with Gasteiger partial charge in [-0.1, -0.05) is 19.8 Å². The summed E-state index contributed by atoms with van der Waals surface area (Å²) in [5.41, 5.74) is 2.38. The molecule has 0 saturated carbocycles. The maximum Gasteiger partial charge on any atom is 0.407 e. The van der Waals surface area contributed by atoms with E-state index in [0.717, 1.165) is 25.0 Å². The lowest BCUT2D eigenvalue weighted by atomic mass is 10.1. The molecule has 0 saturated heterocycles. The smallest absolute Gasteiger partial charge is 0.407 e. The summed E-state index contributed by atoms with van der Waals surface area (Å²) in [4.78, 5) is 21.6. The maximum atomic E-state index is 11.9. The zero-order valence-electron chi connectivity index (χ0n) is 16.8. The van der Waals surface area contributed by atoms with E-state index in [0.29, 0.717) is 19.0 Å². The number of amides is 1. The minimum absolute atomic E-state index is 0.0798. The molecule has 1 unspecified atom stereocenters. The Balaban J connectivity index is 2.54. The van der Waals surface area contributed by atoms with E-state index in [4.69, 9.17) is 4.74 Å². The van der Waals surface area contributed by atoms with Crippen LogP contribution in [-0.4, -0.2) is 42.3 Å². The fourth-order valence-electron chi connectivity index (χ4n) is 2.24. The number of nitrogens with zero attached hydrogens (tertiary/aromatic N) is 2. The second-order valence-corrected chi connectivity index (χ2v) is 8.09. The molecule has 1 aromatic rings. The summed E-state index contributed by atoms with van der Waals surface area (Å²) in [5, 5.41) is 9.54. The van der Waals surface area contributed by atoms with Crippen molar-refractivity contribution in [3.05, 3.63) is 16.1 Å². The standard InChI is InChI=1S/C18H33N5O2S/c1-7-8-9-14(10-21-17(24)25-18(3,4)5)23-16(19-6)20-11-15-13(2)22-12-26-15/h12,14H,7-11H2,1-6H3,(H,21,24)(H2,19,20,23). The van der Waals surface area contributed by atoms with Gasteiger partial charge in [-0.25, -0.2) is 9.78 Å². The molecular formula is C18H33N5O2S. The molecule has 1 atom stereocenters. The molecule has 1 heterocycles. The van der Waals surface area contributed by atoms with E-state index in [-0.39, 0.29) is 6.04 Å². The minimum Gasteiger partial charge on any atom is -0.444 e. The van der Waals surface area contributed by atoms with Crippen LogP contribution in [0.4, 0.5) is 4.79 Å². The Labute approximate surface area is 161 Å². The quantitative estimate of drug-likeness (QED) is 0.474. The molecule has 0 radical (unpaired) electrons. The minimum atomic E-state index is -0.499. The SMILES string of the molecule is CCCCC(CNC(=O)OC(C)(C)C)NC(=NC)NCc1scnc1C. The van der Waals surface area contributed by atoms with Crippen molar-refractivity contribution in [2.75, 3.05) is 13.6 Å². The van der Waals surface area contributed by atoms with Crippen LogP contribution in [-0.2, 0) is 11.3 Å². The first-order valence-electron chi connectivity index (χ1n) is 9.08. The third-order valence-corrected chi connectivity index (χ3v) is 4.56. The highest BCUT2D eigenvalue weighted by atomic mass is 32.1. The average molecular weight is 384 g/mol. The lowest BCUT2D eigenvalue weighted by molar-refractivity contribution is 0.0523. The molecule has 3 N–H and O–H groups in total. The zero-order valence-corrected chi connectivity index (χ0v) is 17.6. The number of hydrogen-bond donors (Lipinski definition) is 3. The molecule has 1 aromatic heterocycles. The Bertz CT molecular complexity index is 580. The first kappa shape index (κ1) is 22.2. The number of ether oxygens (including phenoxy) is 1. The summed E-state index contributed by atoms with van der Waals surface area (Å²) in [5.74, 6) is 0.713. The van der Waals surface area contributed by atoms with Gasteiger partial charge in [0.1, 0.15) is 5.60 Å².